The van der Waals surface area contributed by atoms with Crippen LogP contribution in [0.5, 0.6) is 0 Å². The molecule has 0 bridgehead atoms. The molecule has 1 aromatic rings. The van der Waals surface area contributed by atoms with Gasteiger partial charge in [0, 0.05) is 11.9 Å². The summed E-state index contributed by atoms with van der Waals surface area (Å²) in [6.45, 7) is 0. The zero-order valence-electron chi connectivity index (χ0n) is 8.20. The number of nitrogens with zero attached hydrogens (tertiary/aromatic N) is 1. The number of nitro groups is 1. The van der Waals surface area contributed by atoms with Crippen LogP contribution >= 0.6 is 23.2 Å². The molecule has 0 saturated carbocycles. The van der Waals surface area contributed by atoms with Crippen LogP contribution in [0.25, 0.3) is 0 Å². The summed E-state index contributed by atoms with van der Waals surface area (Å²) in [5, 5.41) is 10.5. The van der Waals surface area contributed by atoms with Gasteiger partial charge in [-0.25, -0.2) is 4.79 Å². The topological polar surface area (TPSA) is 69.4 Å². The lowest BCUT2D eigenvalue weighted by molar-refractivity contribution is -0.384. The van der Waals surface area contributed by atoms with Crippen molar-refractivity contribution in [3.05, 3.63) is 38.4 Å². The first kappa shape index (κ1) is 12.7. The number of alkyl halides is 1. The van der Waals surface area contributed by atoms with E-state index in [4.69, 9.17) is 23.2 Å². The Kier molecular flexibility index (Phi) is 4.09. The molecule has 1 aromatic carbocycles. The number of hydrogen-bond acceptors (Lipinski definition) is 4. The van der Waals surface area contributed by atoms with Gasteiger partial charge in [0.1, 0.15) is 5.02 Å². The maximum absolute atomic E-state index is 11.3. The molecule has 16 heavy (non-hydrogen) atoms. The number of benzene rings is 1. The van der Waals surface area contributed by atoms with Crippen LogP contribution in [0.3, 0.4) is 0 Å². The molecule has 0 heterocycles. The van der Waals surface area contributed by atoms with Crippen LogP contribution in [0.2, 0.25) is 5.02 Å². The number of halogens is 2. The van der Waals surface area contributed by atoms with E-state index in [0.29, 0.717) is 5.56 Å². The molecule has 0 radical (unpaired) electrons. The zero-order valence-corrected chi connectivity index (χ0v) is 9.71. The van der Waals surface area contributed by atoms with Gasteiger partial charge >= 0.3 is 5.97 Å². The summed E-state index contributed by atoms with van der Waals surface area (Å²) in [5.74, 6) is -0.671. The Balaban J connectivity index is 3.37. The second kappa shape index (κ2) is 5.14. The summed E-state index contributed by atoms with van der Waals surface area (Å²) in [7, 11) is 1.20. The monoisotopic (exact) mass is 263 g/mol. The fourth-order valence-corrected chi connectivity index (χ4v) is 1.61. The Morgan fingerprint density at radius 3 is 2.62 bits per heavy atom. The molecule has 1 rings (SSSR count). The molecule has 0 saturated heterocycles. The van der Waals surface area contributed by atoms with Crippen LogP contribution in [0.4, 0.5) is 5.69 Å². The molecule has 5 nitrogen and oxygen atoms in total. The zero-order chi connectivity index (χ0) is 12.3. The molecular weight excluding hydrogens is 257 g/mol. The van der Waals surface area contributed by atoms with E-state index in [1.807, 2.05) is 0 Å². The van der Waals surface area contributed by atoms with E-state index < -0.39 is 10.9 Å². The smallest absolute Gasteiger partial charge is 0.338 e. The summed E-state index contributed by atoms with van der Waals surface area (Å²) in [6.07, 6.45) is 0. The molecule has 0 fully saturated rings. The first-order valence-corrected chi connectivity index (χ1v) is 5.03. The Labute approximate surface area is 101 Å². The van der Waals surface area contributed by atoms with Crippen LogP contribution < -0.4 is 0 Å². The summed E-state index contributed by atoms with van der Waals surface area (Å²) >= 11 is 11.3. The van der Waals surface area contributed by atoms with Crippen LogP contribution in [-0.4, -0.2) is 18.0 Å². The van der Waals surface area contributed by atoms with Crippen LogP contribution in [0, 0.1) is 10.1 Å². The average Bonchev–Trinajstić information content (AvgIpc) is 2.27. The van der Waals surface area contributed by atoms with E-state index in [-0.39, 0.29) is 22.2 Å². The van der Waals surface area contributed by atoms with Crippen molar-refractivity contribution in [1.29, 1.82) is 0 Å². The minimum absolute atomic E-state index is 0.0392. The lowest BCUT2D eigenvalue weighted by Crippen LogP contribution is -2.06. The molecule has 0 aliphatic rings. The molecule has 0 N–H and O–H groups in total. The van der Waals surface area contributed by atoms with Gasteiger partial charge in [-0.05, 0) is 11.6 Å². The highest BCUT2D eigenvalue weighted by Gasteiger charge is 2.20. The largest absolute Gasteiger partial charge is 0.465 e. The Bertz CT molecular complexity index is 447. The van der Waals surface area contributed by atoms with Crippen molar-refractivity contribution < 1.29 is 14.5 Å². The van der Waals surface area contributed by atoms with E-state index in [9.17, 15) is 14.9 Å². The Morgan fingerprint density at radius 1 is 1.56 bits per heavy atom. The van der Waals surface area contributed by atoms with Gasteiger partial charge in [-0.3, -0.25) is 10.1 Å². The van der Waals surface area contributed by atoms with Gasteiger partial charge in [0.25, 0.3) is 5.69 Å². The third kappa shape index (κ3) is 2.43. The van der Waals surface area contributed by atoms with Gasteiger partial charge < -0.3 is 4.74 Å². The first-order chi connectivity index (χ1) is 7.51. The van der Waals surface area contributed by atoms with E-state index in [1.54, 1.807) is 0 Å². The van der Waals surface area contributed by atoms with Crippen molar-refractivity contribution in [2.24, 2.45) is 0 Å². The third-order valence-electron chi connectivity index (χ3n) is 1.92. The first-order valence-electron chi connectivity index (χ1n) is 4.12. The van der Waals surface area contributed by atoms with Crippen LogP contribution in [0.15, 0.2) is 12.1 Å². The van der Waals surface area contributed by atoms with Crippen molar-refractivity contribution >= 4 is 34.9 Å². The van der Waals surface area contributed by atoms with Gasteiger partial charge in [0.15, 0.2) is 0 Å². The number of hydrogen-bond donors (Lipinski definition) is 0. The van der Waals surface area contributed by atoms with Gasteiger partial charge in [-0.2, -0.15) is 0 Å². The van der Waals surface area contributed by atoms with E-state index in [2.05, 4.69) is 4.74 Å². The maximum atomic E-state index is 11.3. The number of carbonyl (C=O) groups is 1. The average molecular weight is 264 g/mol. The molecule has 0 unspecified atom stereocenters. The van der Waals surface area contributed by atoms with Gasteiger partial charge in [0.05, 0.1) is 17.6 Å². The lowest BCUT2D eigenvalue weighted by Gasteiger charge is -2.06. The van der Waals surface area contributed by atoms with Gasteiger partial charge in [-0.15, -0.1) is 11.6 Å². The summed E-state index contributed by atoms with van der Waals surface area (Å²) in [6, 6.07) is 2.35. The SMILES string of the molecule is COC(=O)c1cc(Cl)c([N+](=O)[O-])cc1CCl. The maximum Gasteiger partial charge on any atom is 0.338 e. The summed E-state index contributed by atoms with van der Waals surface area (Å²) in [4.78, 5) is 21.3. The second-order valence-electron chi connectivity index (χ2n) is 2.84. The standard InChI is InChI=1S/C9H7Cl2NO4/c1-16-9(13)6-3-7(11)8(12(14)15)2-5(6)4-10/h2-3H,4H2,1H3. The van der Waals surface area contributed by atoms with Gasteiger partial charge in [0.2, 0.25) is 0 Å². The fraction of sp³-hybridized carbons (Fsp3) is 0.222. The molecule has 0 spiro atoms. The molecule has 86 valence electrons. The summed E-state index contributed by atoms with van der Waals surface area (Å²) in [5.41, 5.74) is 0.155. The predicted molar refractivity (Wildman–Crippen MR) is 59.0 cm³/mol. The van der Waals surface area contributed by atoms with E-state index >= 15 is 0 Å². The molecule has 0 atom stereocenters. The van der Waals surface area contributed by atoms with Crippen molar-refractivity contribution in [2.75, 3.05) is 7.11 Å². The second-order valence-corrected chi connectivity index (χ2v) is 3.52. The third-order valence-corrected chi connectivity index (χ3v) is 2.51. The molecule has 0 aliphatic carbocycles. The van der Waals surface area contributed by atoms with Crippen molar-refractivity contribution in [3.63, 3.8) is 0 Å². The number of esters is 1. The molecule has 0 aliphatic heterocycles. The summed E-state index contributed by atoms with van der Waals surface area (Å²) < 4.78 is 4.51. The molecule has 7 heteroatoms. The van der Waals surface area contributed by atoms with Crippen molar-refractivity contribution in [1.82, 2.24) is 0 Å². The quantitative estimate of drug-likeness (QED) is 0.364. The number of methoxy groups -OCH3 is 1. The highest BCUT2D eigenvalue weighted by atomic mass is 35.5. The van der Waals surface area contributed by atoms with Crippen molar-refractivity contribution in [3.8, 4) is 0 Å². The van der Waals surface area contributed by atoms with Crippen molar-refractivity contribution in [2.45, 2.75) is 5.88 Å². The fourth-order valence-electron chi connectivity index (χ4n) is 1.16. The van der Waals surface area contributed by atoms with E-state index in [0.717, 1.165) is 0 Å². The van der Waals surface area contributed by atoms with Crippen LogP contribution in [0.1, 0.15) is 15.9 Å². The molecule has 0 amide bonds. The Morgan fingerprint density at radius 2 is 2.19 bits per heavy atom. The number of ether oxygens (including phenoxy) is 1. The number of nitro benzene ring substituents is 1. The van der Waals surface area contributed by atoms with Gasteiger partial charge in [-0.1, -0.05) is 11.6 Å². The highest BCUT2D eigenvalue weighted by molar-refractivity contribution is 6.33. The molecule has 0 aromatic heterocycles. The number of rotatable bonds is 3. The molecular formula is C9H7Cl2NO4. The number of carbonyl (C=O) groups excluding carboxylic acids is 1. The normalized spacial score (nSPS) is 9.94. The minimum atomic E-state index is -0.639. The van der Waals surface area contributed by atoms with Crippen LogP contribution in [-0.2, 0) is 10.6 Å². The highest BCUT2D eigenvalue weighted by Crippen LogP contribution is 2.29. The Hall–Kier alpha value is -1.33. The predicted octanol–water partition coefficient (Wildman–Crippen LogP) is 2.77. The minimum Gasteiger partial charge on any atom is -0.465 e. The lowest BCUT2D eigenvalue weighted by atomic mass is 10.1. The van der Waals surface area contributed by atoms with E-state index in [1.165, 1.54) is 19.2 Å².